The first-order valence-corrected chi connectivity index (χ1v) is 22.1. The molecular formula is C42H78O15. The van der Waals surface area contributed by atoms with Gasteiger partial charge in [0.15, 0.2) is 18.7 Å². The highest BCUT2D eigenvalue weighted by Crippen LogP contribution is 2.26. The van der Waals surface area contributed by atoms with Crippen LogP contribution < -0.4 is 0 Å². The largest absolute Gasteiger partial charge is 0.462 e. The van der Waals surface area contributed by atoms with E-state index in [4.69, 9.17) is 28.4 Å². The summed E-state index contributed by atoms with van der Waals surface area (Å²) in [5, 5.41) is 71.6. The maximum absolute atomic E-state index is 12.9. The Hall–Kier alpha value is -1.50. The van der Waals surface area contributed by atoms with Crippen molar-refractivity contribution in [3.05, 3.63) is 0 Å². The van der Waals surface area contributed by atoms with E-state index >= 15 is 0 Å². The average molecular weight is 823 g/mol. The van der Waals surface area contributed by atoms with E-state index in [0.717, 1.165) is 51.4 Å². The quantitative estimate of drug-likeness (QED) is 0.0365. The summed E-state index contributed by atoms with van der Waals surface area (Å²) < 4.78 is 33.3. The van der Waals surface area contributed by atoms with Crippen LogP contribution in [0.4, 0.5) is 0 Å². The summed E-state index contributed by atoms with van der Waals surface area (Å²) >= 11 is 0. The zero-order valence-corrected chi connectivity index (χ0v) is 34.8. The molecule has 57 heavy (non-hydrogen) atoms. The van der Waals surface area contributed by atoms with Gasteiger partial charge in [0.25, 0.3) is 0 Å². The summed E-state index contributed by atoms with van der Waals surface area (Å²) in [6, 6.07) is 0. The molecule has 11 atom stereocenters. The monoisotopic (exact) mass is 823 g/mol. The molecule has 0 spiro atoms. The summed E-state index contributed by atoms with van der Waals surface area (Å²) in [5.41, 5.74) is 0. The molecule has 0 aromatic carbocycles. The Labute approximate surface area is 340 Å². The molecule has 2 fully saturated rings. The van der Waals surface area contributed by atoms with Crippen LogP contribution in [0.15, 0.2) is 0 Å². The molecule has 336 valence electrons. The number of aliphatic hydroxyl groups excluding tert-OH is 7. The summed E-state index contributed by atoms with van der Waals surface area (Å²) in [5.74, 6) is -0.927. The van der Waals surface area contributed by atoms with Crippen LogP contribution in [0.5, 0.6) is 0 Å². The lowest BCUT2D eigenvalue weighted by molar-refractivity contribution is -0.332. The van der Waals surface area contributed by atoms with E-state index in [2.05, 4.69) is 13.8 Å². The zero-order valence-electron chi connectivity index (χ0n) is 34.8. The van der Waals surface area contributed by atoms with Crippen LogP contribution in [0.25, 0.3) is 0 Å². The second-order valence-electron chi connectivity index (χ2n) is 15.9. The number of hydrogen-bond acceptors (Lipinski definition) is 15. The van der Waals surface area contributed by atoms with Crippen molar-refractivity contribution >= 4 is 11.9 Å². The van der Waals surface area contributed by atoms with Gasteiger partial charge in [-0.25, -0.2) is 0 Å². The third-order valence-corrected chi connectivity index (χ3v) is 10.8. The predicted molar refractivity (Wildman–Crippen MR) is 211 cm³/mol. The van der Waals surface area contributed by atoms with E-state index in [9.17, 15) is 45.3 Å². The number of unbranched alkanes of at least 4 members (excludes halogenated alkanes) is 19. The molecule has 2 rings (SSSR count). The van der Waals surface area contributed by atoms with Crippen LogP contribution in [-0.4, -0.2) is 142 Å². The first-order valence-electron chi connectivity index (χ1n) is 22.1. The highest BCUT2D eigenvalue weighted by Gasteiger charge is 2.47. The Balaban J connectivity index is 1.83. The fourth-order valence-electron chi connectivity index (χ4n) is 7.10. The average Bonchev–Trinajstić information content (AvgIpc) is 3.20. The molecule has 0 aliphatic carbocycles. The second kappa shape index (κ2) is 31.4. The molecule has 2 heterocycles. The predicted octanol–water partition coefficient (Wildman–Crippen LogP) is 4.09. The molecule has 2 saturated heterocycles. The fourth-order valence-corrected chi connectivity index (χ4v) is 7.10. The highest BCUT2D eigenvalue weighted by atomic mass is 16.7. The zero-order chi connectivity index (χ0) is 41.8. The molecule has 2 aliphatic heterocycles. The number of carbonyl (C=O) groups is 2. The molecule has 7 N–H and O–H groups in total. The smallest absolute Gasteiger partial charge is 0.306 e. The first-order chi connectivity index (χ1) is 27.5. The van der Waals surface area contributed by atoms with Crippen molar-refractivity contribution in [1.29, 1.82) is 0 Å². The van der Waals surface area contributed by atoms with Gasteiger partial charge in [0.05, 0.1) is 19.8 Å². The van der Waals surface area contributed by atoms with Crippen molar-refractivity contribution in [1.82, 2.24) is 0 Å². The lowest BCUT2D eigenvalue weighted by atomic mass is 9.98. The van der Waals surface area contributed by atoms with Crippen LogP contribution >= 0.6 is 0 Å². The Morgan fingerprint density at radius 2 is 0.895 bits per heavy atom. The maximum atomic E-state index is 12.9. The van der Waals surface area contributed by atoms with Gasteiger partial charge in [-0.2, -0.15) is 0 Å². The van der Waals surface area contributed by atoms with Gasteiger partial charge in [0, 0.05) is 12.8 Å². The first kappa shape index (κ1) is 51.6. The number of aliphatic hydroxyl groups is 7. The Morgan fingerprint density at radius 1 is 0.491 bits per heavy atom. The molecule has 15 heteroatoms. The van der Waals surface area contributed by atoms with E-state index < -0.39 is 92.7 Å². The minimum Gasteiger partial charge on any atom is -0.462 e. The Morgan fingerprint density at radius 3 is 1.37 bits per heavy atom. The maximum Gasteiger partial charge on any atom is 0.306 e. The molecule has 15 nitrogen and oxygen atoms in total. The molecule has 2 aliphatic rings. The Bertz CT molecular complexity index is 1020. The molecule has 0 saturated carbocycles. The minimum atomic E-state index is -1.76. The summed E-state index contributed by atoms with van der Waals surface area (Å²) in [4.78, 5) is 25.4. The summed E-state index contributed by atoms with van der Waals surface area (Å²) in [7, 11) is 0. The second-order valence-corrected chi connectivity index (χ2v) is 15.9. The van der Waals surface area contributed by atoms with Crippen molar-refractivity contribution < 1.29 is 73.8 Å². The van der Waals surface area contributed by atoms with Crippen molar-refractivity contribution in [3.63, 3.8) is 0 Å². The van der Waals surface area contributed by atoms with Crippen molar-refractivity contribution in [2.75, 3.05) is 26.4 Å². The van der Waals surface area contributed by atoms with Crippen LogP contribution in [0, 0.1) is 0 Å². The Kier molecular flexibility index (Phi) is 28.4. The van der Waals surface area contributed by atoms with E-state index in [0.29, 0.717) is 12.8 Å². The molecule has 0 amide bonds. The lowest BCUT2D eigenvalue weighted by Crippen LogP contribution is -2.61. The van der Waals surface area contributed by atoms with Crippen LogP contribution in [0.1, 0.15) is 162 Å². The van der Waals surface area contributed by atoms with Crippen LogP contribution in [0.3, 0.4) is 0 Å². The molecule has 0 radical (unpaired) electrons. The number of esters is 2. The van der Waals surface area contributed by atoms with Crippen molar-refractivity contribution in [3.8, 4) is 0 Å². The normalized spacial score (nSPS) is 28.3. The van der Waals surface area contributed by atoms with Gasteiger partial charge in [-0.15, -0.1) is 0 Å². The number of hydrogen-bond donors (Lipinski definition) is 7. The standard InChI is InChI=1S/C42H78O15/c1-3-5-7-9-11-12-13-14-15-16-17-18-19-21-23-25-34(45)55-30(27-52-33(44)24-22-20-10-8-6-4-2)28-53-41-40(51)38(49)36(47)32(57-41)29-54-42-39(50)37(48)35(46)31(26-43)56-42/h30-32,35-43,46-51H,3-29H2,1-2H3. The van der Waals surface area contributed by atoms with E-state index in [-0.39, 0.29) is 26.1 Å². The highest BCUT2D eigenvalue weighted by molar-refractivity contribution is 5.70. The van der Waals surface area contributed by atoms with Gasteiger partial charge < -0.3 is 64.2 Å². The number of rotatable bonds is 33. The van der Waals surface area contributed by atoms with Gasteiger partial charge >= 0.3 is 11.9 Å². The molecular weight excluding hydrogens is 744 g/mol. The number of carbonyl (C=O) groups excluding carboxylic acids is 2. The number of ether oxygens (including phenoxy) is 6. The van der Waals surface area contributed by atoms with E-state index in [1.165, 1.54) is 70.6 Å². The summed E-state index contributed by atoms with van der Waals surface area (Å²) in [6.45, 7) is 2.51. The molecule has 11 unspecified atom stereocenters. The van der Waals surface area contributed by atoms with Gasteiger partial charge in [-0.1, -0.05) is 136 Å². The molecule has 0 aromatic heterocycles. The van der Waals surface area contributed by atoms with Gasteiger partial charge in [-0.3, -0.25) is 9.59 Å². The van der Waals surface area contributed by atoms with Crippen molar-refractivity contribution in [2.24, 2.45) is 0 Å². The van der Waals surface area contributed by atoms with Crippen LogP contribution in [0.2, 0.25) is 0 Å². The third kappa shape index (κ3) is 21.0. The van der Waals surface area contributed by atoms with Crippen LogP contribution in [-0.2, 0) is 38.0 Å². The third-order valence-electron chi connectivity index (χ3n) is 10.8. The topological polar surface area (TPSA) is 231 Å². The minimum absolute atomic E-state index is 0.172. The van der Waals surface area contributed by atoms with Gasteiger partial charge in [0.2, 0.25) is 0 Å². The van der Waals surface area contributed by atoms with E-state index in [1.807, 2.05) is 0 Å². The fraction of sp³-hybridized carbons (Fsp3) is 0.952. The lowest BCUT2D eigenvalue weighted by Gasteiger charge is -2.42. The summed E-state index contributed by atoms with van der Waals surface area (Å²) in [6.07, 6.45) is 7.59. The molecule has 0 aromatic rings. The van der Waals surface area contributed by atoms with Gasteiger partial charge in [-0.05, 0) is 12.8 Å². The SMILES string of the molecule is CCCCCCCCCCCCCCCCCC(=O)OC(COC(=O)CCCCCCCC)COC1OC(COC2OC(CO)C(O)C(O)C2O)C(O)C(O)C1O. The van der Waals surface area contributed by atoms with Gasteiger partial charge in [0.1, 0.15) is 55.4 Å². The van der Waals surface area contributed by atoms with Crippen molar-refractivity contribution in [2.45, 2.75) is 229 Å². The van der Waals surface area contributed by atoms with E-state index in [1.54, 1.807) is 0 Å². The molecule has 0 bridgehead atoms.